The lowest BCUT2D eigenvalue weighted by Gasteiger charge is -2.33. The van der Waals surface area contributed by atoms with Gasteiger partial charge < -0.3 is 10.6 Å². The Bertz CT molecular complexity index is 769. The minimum Gasteiger partial charge on any atom is -0.354 e. The van der Waals surface area contributed by atoms with Gasteiger partial charge in [0.05, 0.1) is 17.2 Å². The Morgan fingerprint density at radius 1 is 1.25 bits per heavy atom. The molecule has 1 aromatic heterocycles. The summed E-state index contributed by atoms with van der Waals surface area (Å²) < 4.78 is 0. The van der Waals surface area contributed by atoms with Crippen LogP contribution in [0.5, 0.6) is 0 Å². The van der Waals surface area contributed by atoms with Gasteiger partial charge in [-0.2, -0.15) is 0 Å². The van der Waals surface area contributed by atoms with E-state index in [0.29, 0.717) is 6.04 Å². The van der Waals surface area contributed by atoms with Crippen LogP contribution in [0, 0.1) is 13.8 Å². The van der Waals surface area contributed by atoms with Gasteiger partial charge in [0.1, 0.15) is 0 Å². The maximum atomic E-state index is 5.97. The number of aryl methyl sites for hydroxylation is 2. The summed E-state index contributed by atoms with van der Waals surface area (Å²) in [6, 6.07) is 8.62. The summed E-state index contributed by atoms with van der Waals surface area (Å²) >= 11 is 7.71. The molecule has 28 heavy (non-hydrogen) atoms. The van der Waals surface area contributed by atoms with Crippen molar-refractivity contribution in [3.05, 3.63) is 50.4 Å². The van der Waals surface area contributed by atoms with E-state index < -0.39 is 0 Å². The van der Waals surface area contributed by atoms with Crippen molar-refractivity contribution in [2.24, 2.45) is 4.99 Å². The molecule has 8 heteroatoms. The van der Waals surface area contributed by atoms with E-state index >= 15 is 0 Å². The van der Waals surface area contributed by atoms with Gasteiger partial charge in [0.15, 0.2) is 5.96 Å². The van der Waals surface area contributed by atoms with Gasteiger partial charge in [0.25, 0.3) is 0 Å². The van der Waals surface area contributed by atoms with Crippen molar-refractivity contribution in [1.82, 2.24) is 20.5 Å². The molecular formula is C20H29ClIN5S. The number of guanidine groups is 1. The van der Waals surface area contributed by atoms with Crippen molar-refractivity contribution in [3.63, 3.8) is 0 Å². The van der Waals surface area contributed by atoms with Crippen LogP contribution in [0.1, 0.15) is 34.0 Å². The zero-order chi connectivity index (χ0) is 19.2. The Balaban J connectivity index is 0.00000280. The molecule has 1 aromatic carbocycles. The molecule has 0 bridgehead atoms. The van der Waals surface area contributed by atoms with Gasteiger partial charge in [-0.1, -0.05) is 23.7 Å². The number of hydrogen-bond donors (Lipinski definition) is 2. The number of rotatable bonds is 5. The number of nitrogens with one attached hydrogen (secondary N) is 2. The highest BCUT2D eigenvalue weighted by Gasteiger charge is 2.20. The molecule has 2 aromatic rings. The van der Waals surface area contributed by atoms with Crippen molar-refractivity contribution in [1.29, 1.82) is 0 Å². The molecule has 1 aliphatic heterocycles. The fraction of sp³-hybridized carbons (Fsp3) is 0.500. The monoisotopic (exact) mass is 533 g/mol. The van der Waals surface area contributed by atoms with E-state index in [2.05, 4.69) is 44.6 Å². The molecule has 0 atom stereocenters. The lowest BCUT2D eigenvalue weighted by Crippen LogP contribution is -2.48. The lowest BCUT2D eigenvalue weighted by molar-refractivity contribution is 0.198. The molecule has 0 radical (unpaired) electrons. The highest BCUT2D eigenvalue weighted by molar-refractivity contribution is 14.0. The molecule has 3 rings (SSSR count). The van der Waals surface area contributed by atoms with Crippen molar-refractivity contribution in [3.8, 4) is 0 Å². The second-order valence-corrected chi connectivity index (χ2v) is 8.71. The molecule has 154 valence electrons. The van der Waals surface area contributed by atoms with E-state index in [9.17, 15) is 0 Å². The minimum absolute atomic E-state index is 0. The van der Waals surface area contributed by atoms with Gasteiger partial charge in [-0.15, -0.1) is 35.3 Å². The SMILES string of the molecule is CN=C(NCc1sc(C)nc1C)NC1CCN(Cc2ccc(Cl)cc2)CC1.I. The van der Waals surface area contributed by atoms with Crippen LogP contribution in [-0.4, -0.2) is 42.0 Å². The normalized spacial score (nSPS) is 15.9. The van der Waals surface area contributed by atoms with Gasteiger partial charge in [-0.25, -0.2) is 4.98 Å². The number of halogens is 2. The highest BCUT2D eigenvalue weighted by atomic mass is 127. The van der Waals surface area contributed by atoms with E-state index in [-0.39, 0.29) is 24.0 Å². The first-order chi connectivity index (χ1) is 13.0. The van der Waals surface area contributed by atoms with Crippen LogP contribution < -0.4 is 10.6 Å². The zero-order valence-electron chi connectivity index (χ0n) is 16.7. The molecule has 2 heterocycles. The smallest absolute Gasteiger partial charge is 0.191 e. The standard InChI is InChI=1S/C20H28ClN5S.HI/c1-14-19(27-15(2)24-14)12-23-20(22-3)25-18-8-10-26(11-9-18)13-16-4-6-17(21)7-5-16;/h4-7,18H,8-13H2,1-3H3,(H2,22,23,25);1H. The summed E-state index contributed by atoms with van der Waals surface area (Å²) in [6.07, 6.45) is 2.24. The van der Waals surface area contributed by atoms with Gasteiger partial charge in [-0.05, 0) is 44.4 Å². The molecule has 5 nitrogen and oxygen atoms in total. The van der Waals surface area contributed by atoms with Crippen LogP contribution in [0.3, 0.4) is 0 Å². The Morgan fingerprint density at radius 3 is 2.50 bits per heavy atom. The molecule has 0 aliphatic carbocycles. The summed E-state index contributed by atoms with van der Waals surface area (Å²) in [7, 11) is 1.83. The van der Waals surface area contributed by atoms with Crippen LogP contribution in [0.25, 0.3) is 0 Å². The maximum absolute atomic E-state index is 5.97. The fourth-order valence-corrected chi connectivity index (χ4v) is 4.38. The molecule has 0 saturated carbocycles. The maximum Gasteiger partial charge on any atom is 0.191 e. The van der Waals surface area contributed by atoms with E-state index in [1.165, 1.54) is 10.4 Å². The number of hydrogen-bond acceptors (Lipinski definition) is 4. The zero-order valence-corrected chi connectivity index (χ0v) is 20.6. The van der Waals surface area contributed by atoms with E-state index in [0.717, 1.165) is 60.7 Å². The van der Waals surface area contributed by atoms with Gasteiger partial charge >= 0.3 is 0 Å². The summed E-state index contributed by atoms with van der Waals surface area (Å²) in [4.78, 5) is 12.6. The Hall–Kier alpha value is -0.900. The Morgan fingerprint density at radius 2 is 1.93 bits per heavy atom. The molecule has 2 N–H and O–H groups in total. The van der Waals surface area contributed by atoms with Gasteiger partial charge in [-0.3, -0.25) is 9.89 Å². The van der Waals surface area contributed by atoms with E-state index in [4.69, 9.17) is 11.6 Å². The Kier molecular flexibility index (Phi) is 9.46. The van der Waals surface area contributed by atoms with Gasteiger partial charge in [0, 0.05) is 42.6 Å². The van der Waals surface area contributed by atoms with Crippen LogP contribution in [-0.2, 0) is 13.1 Å². The summed E-state index contributed by atoms with van der Waals surface area (Å²) in [5.74, 6) is 0.872. The fourth-order valence-electron chi connectivity index (χ4n) is 3.37. The third-order valence-corrected chi connectivity index (χ3v) is 6.21. The number of benzene rings is 1. The van der Waals surface area contributed by atoms with Gasteiger partial charge in [0.2, 0.25) is 0 Å². The second-order valence-electron chi connectivity index (χ2n) is 6.99. The molecule has 0 amide bonds. The number of thiazole rings is 1. The highest BCUT2D eigenvalue weighted by Crippen LogP contribution is 2.17. The van der Waals surface area contributed by atoms with Crippen LogP contribution >= 0.6 is 46.9 Å². The molecular weight excluding hydrogens is 505 g/mol. The number of aliphatic imine (C=N–C) groups is 1. The number of likely N-dealkylation sites (tertiary alicyclic amines) is 1. The minimum atomic E-state index is 0. The van der Waals surface area contributed by atoms with E-state index in [1.807, 2.05) is 26.1 Å². The topological polar surface area (TPSA) is 52.6 Å². The van der Waals surface area contributed by atoms with E-state index in [1.54, 1.807) is 11.3 Å². The second kappa shape index (κ2) is 11.3. The predicted octanol–water partition coefficient (Wildman–Crippen LogP) is 4.36. The van der Waals surface area contributed by atoms with Crippen molar-refractivity contribution in [2.45, 2.75) is 45.8 Å². The molecule has 1 aliphatic rings. The number of aromatic nitrogens is 1. The van der Waals surface area contributed by atoms with Crippen molar-refractivity contribution < 1.29 is 0 Å². The summed E-state index contributed by atoms with van der Waals surface area (Å²) in [5, 5.41) is 8.91. The molecule has 0 unspecified atom stereocenters. The lowest BCUT2D eigenvalue weighted by atomic mass is 10.0. The van der Waals surface area contributed by atoms with Crippen molar-refractivity contribution in [2.75, 3.05) is 20.1 Å². The molecule has 1 saturated heterocycles. The largest absolute Gasteiger partial charge is 0.354 e. The quantitative estimate of drug-likeness (QED) is 0.341. The van der Waals surface area contributed by atoms with Crippen molar-refractivity contribution >= 4 is 52.9 Å². The predicted molar refractivity (Wildman–Crippen MR) is 130 cm³/mol. The molecule has 0 spiro atoms. The average Bonchev–Trinajstić information content (AvgIpc) is 2.99. The van der Waals surface area contributed by atoms with Crippen LogP contribution in [0.15, 0.2) is 29.3 Å². The third kappa shape index (κ3) is 6.86. The van der Waals surface area contributed by atoms with Crippen LogP contribution in [0.2, 0.25) is 5.02 Å². The first kappa shape index (κ1) is 23.4. The summed E-state index contributed by atoms with van der Waals surface area (Å²) in [6.45, 7) is 8.04. The average molecular weight is 534 g/mol. The van der Waals surface area contributed by atoms with Crippen LogP contribution in [0.4, 0.5) is 0 Å². The Labute approximate surface area is 194 Å². The first-order valence-electron chi connectivity index (χ1n) is 9.40. The number of nitrogens with zero attached hydrogens (tertiary/aromatic N) is 3. The summed E-state index contributed by atoms with van der Waals surface area (Å²) in [5.41, 5.74) is 2.43. The number of piperidine rings is 1. The first-order valence-corrected chi connectivity index (χ1v) is 10.6. The third-order valence-electron chi connectivity index (χ3n) is 4.89. The molecule has 1 fully saturated rings.